The average Bonchev–Trinajstić information content (AvgIpc) is 2.55. The van der Waals surface area contributed by atoms with Gasteiger partial charge < -0.3 is 19.9 Å². The Kier molecular flexibility index (Phi) is 10.5. The lowest BCUT2D eigenvalue weighted by molar-refractivity contribution is 0.102. The molecule has 4 nitrogen and oxygen atoms in total. The fourth-order valence-corrected chi connectivity index (χ4v) is 2.19. The summed E-state index contributed by atoms with van der Waals surface area (Å²) in [6.45, 7) is 7.82. The number of aliphatic hydroxyl groups excluding tert-OH is 1. The molecule has 1 rings (SSSR count). The van der Waals surface area contributed by atoms with E-state index in [9.17, 15) is 5.11 Å². The van der Waals surface area contributed by atoms with Gasteiger partial charge in [-0.25, -0.2) is 0 Å². The van der Waals surface area contributed by atoms with Gasteiger partial charge in [0.2, 0.25) is 0 Å². The van der Waals surface area contributed by atoms with Crippen molar-refractivity contribution in [1.82, 2.24) is 5.32 Å². The van der Waals surface area contributed by atoms with Gasteiger partial charge >= 0.3 is 0 Å². The fourth-order valence-electron chi connectivity index (χ4n) is 2.19. The Hall–Kier alpha value is -1.26. The molecule has 0 unspecified atom stereocenters. The van der Waals surface area contributed by atoms with Crippen LogP contribution in [0.15, 0.2) is 24.3 Å². The number of rotatable bonds is 13. The third-order valence-electron chi connectivity index (χ3n) is 3.55. The Morgan fingerprint density at radius 1 is 1.00 bits per heavy atom. The van der Waals surface area contributed by atoms with Gasteiger partial charge in [-0.05, 0) is 18.6 Å². The highest BCUT2D eigenvalue weighted by molar-refractivity contribution is 5.39. The highest BCUT2D eigenvalue weighted by Gasteiger charge is 2.09. The molecule has 1 aromatic rings. The minimum Gasteiger partial charge on any atom is -0.490 e. The molecule has 0 amide bonds. The summed E-state index contributed by atoms with van der Waals surface area (Å²) in [6, 6.07) is 8.01. The molecular formula is C19H33NO3. The van der Waals surface area contributed by atoms with Crippen LogP contribution >= 0.6 is 0 Å². The lowest BCUT2D eigenvalue weighted by Gasteiger charge is -2.17. The van der Waals surface area contributed by atoms with E-state index in [1.165, 1.54) is 25.7 Å². The van der Waals surface area contributed by atoms with Crippen LogP contribution in [0.4, 0.5) is 0 Å². The van der Waals surface area contributed by atoms with Crippen molar-refractivity contribution in [3.05, 3.63) is 24.3 Å². The summed E-state index contributed by atoms with van der Waals surface area (Å²) in [5.74, 6) is 1.46. The van der Waals surface area contributed by atoms with Crippen LogP contribution in [0, 0.1) is 0 Å². The second kappa shape index (κ2) is 12.2. The SMILES string of the molecule is CCCCCCCOc1ccccc1OC[C@H](O)CNC(C)C. The number of para-hydroxylation sites is 2. The molecule has 132 valence electrons. The zero-order valence-electron chi connectivity index (χ0n) is 14.9. The van der Waals surface area contributed by atoms with Crippen molar-refractivity contribution in [2.24, 2.45) is 0 Å². The largest absolute Gasteiger partial charge is 0.490 e. The average molecular weight is 323 g/mol. The highest BCUT2D eigenvalue weighted by Crippen LogP contribution is 2.26. The molecule has 1 aromatic carbocycles. The Morgan fingerprint density at radius 3 is 2.30 bits per heavy atom. The molecule has 0 aliphatic rings. The molecule has 1 atom stereocenters. The second-order valence-corrected chi connectivity index (χ2v) is 6.24. The van der Waals surface area contributed by atoms with E-state index in [1.807, 2.05) is 24.3 Å². The summed E-state index contributed by atoms with van der Waals surface area (Å²) < 4.78 is 11.5. The lowest BCUT2D eigenvalue weighted by atomic mass is 10.2. The van der Waals surface area contributed by atoms with E-state index in [2.05, 4.69) is 26.1 Å². The van der Waals surface area contributed by atoms with Crippen LogP contribution in [0.25, 0.3) is 0 Å². The summed E-state index contributed by atoms with van der Waals surface area (Å²) >= 11 is 0. The van der Waals surface area contributed by atoms with Crippen molar-refractivity contribution in [3.8, 4) is 11.5 Å². The quantitative estimate of drug-likeness (QED) is 0.543. The van der Waals surface area contributed by atoms with Gasteiger partial charge in [-0.3, -0.25) is 0 Å². The summed E-state index contributed by atoms with van der Waals surface area (Å²) in [6.07, 6.45) is 5.56. The third kappa shape index (κ3) is 9.47. The monoisotopic (exact) mass is 323 g/mol. The molecule has 0 saturated heterocycles. The second-order valence-electron chi connectivity index (χ2n) is 6.24. The molecular weight excluding hydrogens is 290 g/mol. The highest BCUT2D eigenvalue weighted by atomic mass is 16.5. The number of ether oxygens (including phenoxy) is 2. The van der Waals surface area contributed by atoms with Crippen molar-refractivity contribution >= 4 is 0 Å². The topological polar surface area (TPSA) is 50.7 Å². The molecule has 0 radical (unpaired) electrons. The molecule has 23 heavy (non-hydrogen) atoms. The van der Waals surface area contributed by atoms with Crippen LogP contribution < -0.4 is 14.8 Å². The number of hydrogen-bond donors (Lipinski definition) is 2. The van der Waals surface area contributed by atoms with Crippen LogP contribution in [-0.2, 0) is 0 Å². The minimum absolute atomic E-state index is 0.261. The van der Waals surface area contributed by atoms with Gasteiger partial charge in [-0.1, -0.05) is 58.6 Å². The number of aliphatic hydroxyl groups is 1. The lowest BCUT2D eigenvalue weighted by Crippen LogP contribution is -2.35. The van der Waals surface area contributed by atoms with Gasteiger partial charge in [-0.2, -0.15) is 0 Å². The smallest absolute Gasteiger partial charge is 0.161 e. The Bertz CT molecular complexity index is 409. The Labute approximate surface area is 141 Å². The van der Waals surface area contributed by atoms with E-state index in [0.29, 0.717) is 24.9 Å². The first-order chi connectivity index (χ1) is 11.1. The van der Waals surface area contributed by atoms with Crippen molar-refractivity contribution in [1.29, 1.82) is 0 Å². The summed E-state index contributed by atoms with van der Waals surface area (Å²) in [7, 11) is 0. The number of nitrogens with one attached hydrogen (secondary N) is 1. The van der Waals surface area contributed by atoms with Crippen molar-refractivity contribution in [3.63, 3.8) is 0 Å². The minimum atomic E-state index is -0.528. The van der Waals surface area contributed by atoms with Gasteiger partial charge in [0, 0.05) is 12.6 Å². The third-order valence-corrected chi connectivity index (χ3v) is 3.55. The normalized spacial score (nSPS) is 12.4. The molecule has 0 spiro atoms. The maximum Gasteiger partial charge on any atom is 0.161 e. The van der Waals surface area contributed by atoms with Crippen molar-refractivity contribution in [2.45, 2.75) is 65.0 Å². The van der Waals surface area contributed by atoms with Gasteiger partial charge in [0.25, 0.3) is 0 Å². The maximum absolute atomic E-state index is 9.92. The van der Waals surface area contributed by atoms with Crippen LogP contribution in [0.5, 0.6) is 11.5 Å². The van der Waals surface area contributed by atoms with E-state index in [0.717, 1.165) is 12.2 Å². The summed E-state index contributed by atoms with van der Waals surface area (Å²) in [4.78, 5) is 0. The van der Waals surface area contributed by atoms with E-state index < -0.39 is 6.10 Å². The number of unbranched alkanes of at least 4 members (excludes halogenated alkanes) is 4. The van der Waals surface area contributed by atoms with Crippen LogP contribution in [-0.4, -0.2) is 37.0 Å². The first-order valence-corrected chi connectivity index (χ1v) is 8.89. The first kappa shape index (κ1) is 19.8. The maximum atomic E-state index is 9.92. The summed E-state index contributed by atoms with van der Waals surface area (Å²) in [5.41, 5.74) is 0. The van der Waals surface area contributed by atoms with Gasteiger partial charge in [0.05, 0.1) is 6.61 Å². The molecule has 0 aliphatic carbocycles. The molecule has 0 aromatic heterocycles. The van der Waals surface area contributed by atoms with Crippen LogP contribution in [0.2, 0.25) is 0 Å². The van der Waals surface area contributed by atoms with E-state index in [-0.39, 0.29) is 6.61 Å². The summed E-state index contributed by atoms with van der Waals surface area (Å²) in [5, 5.41) is 13.1. The van der Waals surface area contributed by atoms with Crippen LogP contribution in [0.3, 0.4) is 0 Å². The molecule has 2 N–H and O–H groups in total. The van der Waals surface area contributed by atoms with E-state index >= 15 is 0 Å². The predicted octanol–water partition coefficient (Wildman–Crippen LogP) is 3.77. The molecule has 4 heteroatoms. The van der Waals surface area contributed by atoms with Gasteiger partial charge in [0.15, 0.2) is 11.5 Å². The zero-order chi connectivity index (χ0) is 16.9. The number of benzene rings is 1. The molecule has 0 heterocycles. The first-order valence-electron chi connectivity index (χ1n) is 8.89. The molecule has 0 saturated carbocycles. The molecule has 0 bridgehead atoms. The Balaban J connectivity index is 2.32. The van der Waals surface area contributed by atoms with Gasteiger partial charge in [0.1, 0.15) is 12.7 Å². The fraction of sp³-hybridized carbons (Fsp3) is 0.684. The standard InChI is InChI=1S/C19H33NO3/c1-4-5-6-7-10-13-22-18-11-8-9-12-19(18)23-15-17(21)14-20-16(2)3/h8-9,11-12,16-17,20-21H,4-7,10,13-15H2,1-3H3/t17-/m1/s1. The predicted molar refractivity (Wildman–Crippen MR) is 95.3 cm³/mol. The number of hydrogen-bond acceptors (Lipinski definition) is 4. The van der Waals surface area contributed by atoms with E-state index in [1.54, 1.807) is 0 Å². The van der Waals surface area contributed by atoms with Crippen molar-refractivity contribution in [2.75, 3.05) is 19.8 Å². The Morgan fingerprint density at radius 2 is 1.65 bits per heavy atom. The van der Waals surface area contributed by atoms with Gasteiger partial charge in [-0.15, -0.1) is 0 Å². The molecule has 0 fully saturated rings. The molecule has 0 aliphatic heterocycles. The zero-order valence-corrected chi connectivity index (χ0v) is 14.9. The van der Waals surface area contributed by atoms with E-state index in [4.69, 9.17) is 9.47 Å². The van der Waals surface area contributed by atoms with Crippen molar-refractivity contribution < 1.29 is 14.6 Å². The van der Waals surface area contributed by atoms with Crippen LogP contribution in [0.1, 0.15) is 52.9 Å².